The molecule has 0 fully saturated rings. The molecule has 0 saturated carbocycles. The first-order chi connectivity index (χ1) is 17.4. The lowest BCUT2D eigenvalue weighted by atomic mass is 10.1. The van der Waals surface area contributed by atoms with Crippen LogP contribution in [0.3, 0.4) is 0 Å². The van der Waals surface area contributed by atoms with Crippen molar-refractivity contribution in [2.45, 2.75) is 6.04 Å². The van der Waals surface area contributed by atoms with E-state index in [2.05, 4.69) is 10.6 Å². The first kappa shape index (κ1) is 25.8. The summed E-state index contributed by atoms with van der Waals surface area (Å²) >= 11 is 0. The van der Waals surface area contributed by atoms with E-state index in [0.717, 1.165) is 0 Å². The summed E-state index contributed by atoms with van der Waals surface area (Å²) in [6.07, 6.45) is 1.37. The Labute approximate surface area is 208 Å². The van der Waals surface area contributed by atoms with Crippen LogP contribution in [0.4, 0.5) is 0 Å². The normalized spacial score (nSPS) is 11.7. The molecule has 3 aromatic carbocycles. The number of carboxylic acids is 1. The highest BCUT2D eigenvalue weighted by Gasteiger charge is 2.21. The SMILES string of the molecule is COc1cc(/C=C(\NC(=O)c2ccccc2)C(=O)N[C@H](C(=O)[O-])c2ccccc2)cc(OC)c1OC. The Kier molecular flexibility index (Phi) is 8.66. The van der Waals surface area contributed by atoms with Crippen LogP contribution in [0.15, 0.2) is 78.5 Å². The minimum atomic E-state index is -1.50. The Morgan fingerprint density at radius 1 is 0.833 bits per heavy atom. The van der Waals surface area contributed by atoms with Gasteiger partial charge in [0.15, 0.2) is 11.5 Å². The molecule has 3 rings (SSSR count). The van der Waals surface area contributed by atoms with Gasteiger partial charge in [-0.05, 0) is 41.5 Å². The van der Waals surface area contributed by atoms with Crippen LogP contribution < -0.4 is 30.0 Å². The zero-order valence-electron chi connectivity index (χ0n) is 19.9. The number of carboxylic acid groups (broad SMARTS) is 1. The van der Waals surface area contributed by atoms with Crippen molar-refractivity contribution in [2.75, 3.05) is 21.3 Å². The first-order valence-electron chi connectivity index (χ1n) is 10.8. The molecular weight excluding hydrogens is 464 g/mol. The molecule has 0 saturated heterocycles. The van der Waals surface area contributed by atoms with Crippen LogP contribution >= 0.6 is 0 Å². The fraction of sp³-hybridized carbons (Fsp3) is 0.148. The summed E-state index contributed by atoms with van der Waals surface area (Å²) in [4.78, 5) is 37.9. The number of hydrogen-bond donors (Lipinski definition) is 2. The summed E-state index contributed by atoms with van der Waals surface area (Å²) < 4.78 is 16.0. The maximum absolute atomic E-state index is 13.3. The first-order valence-corrected chi connectivity index (χ1v) is 10.8. The largest absolute Gasteiger partial charge is 0.548 e. The molecule has 2 N–H and O–H groups in total. The Bertz CT molecular complexity index is 1230. The fourth-order valence-electron chi connectivity index (χ4n) is 3.43. The van der Waals surface area contributed by atoms with Gasteiger partial charge in [0.25, 0.3) is 11.8 Å². The van der Waals surface area contributed by atoms with Crippen molar-refractivity contribution in [3.63, 3.8) is 0 Å². The number of hydrogen-bond acceptors (Lipinski definition) is 7. The number of methoxy groups -OCH3 is 3. The van der Waals surface area contributed by atoms with Crippen molar-refractivity contribution in [3.05, 3.63) is 95.2 Å². The number of aliphatic carboxylic acids is 1. The van der Waals surface area contributed by atoms with Gasteiger partial charge in [-0.25, -0.2) is 0 Å². The van der Waals surface area contributed by atoms with Gasteiger partial charge in [-0.1, -0.05) is 48.5 Å². The lowest BCUT2D eigenvalue weighted by molar-refractivity contribution is -0.308. The molecule has 0 aliphatic carbocycles. The van der Waals surface area contributed by atoms with Gasteiger partial charge in [0, 0.05) is 5.56 Å². The molecule has 0 spiro atoms. The molecule has 0 bridgehead atoms. The van der Waals surface area contributed by atoms with Crippen LogP contribution in [0.1, 0.15) is 27.5 Å². The molecule has 36 heavy (non-hydrogen) atoms. The minimum Gasteiger partial charge on any atom is -0.548 e. The second-order valence-electron chi connectivity index (χ2n) is 7.47. The summed E-state index contributed by atoms with van der Waals surface area (Å²) in [6.45, 7) is 0. The van der Waals surface area contributed by atoms with Gasteiger partial charge in [0.2, 0.25) is 5.75 Å². The maximum atomic E-state index is 13.3. The number of ether oxygens (including phenoxy) is 3. The molecule has 0 radical (unpaired) electrons. The third-order valence-corrected chi connectivity index (χ3v) is 5.17. The Morgan fingerprint density at radius 2 is 1.39 bits per heavy atom. The molecule has 9 nitrogen and oxygen atoms in total. The molecular formula is C27H25N2O7-. The molecule has 2 amide bonds. The highest BCUT2D eigenvalue weighted by atomic mass is 16.5. The number of amides is 2. The predicted octanol–water partition coefficient (Wildman–Crippen LogP) is 2.09. The van der Waals surface area contributed by atoms with E-state index < -0.39 is 23.8 Å². The second kappa shape index (κ2) is 12.1. The highest BCUT2D eigenvalue weighted by Crippen LogP contribution is 2.38. The Balaban J connectivity index is 2.03. The third-order valence-electron chi connectivity index (χ3n) is 5.17. The quantitative estimate of drug-likeness (QED) is 0.418. The van der Waals surface area contributed by atoms with Crippen molar-refractivity contribution in [3.8, 4) is 17.2 Å². The second-order valence-corrected chi connectivity index (χ2v) is 7.47. The van der Waals surface area contributed by atoms with Crippen LogP contribution in [0.2, 0.25) is 0 Å². The number of rotatable bonds is 10. The molecule has 0 unspecified atom stereocenters. The molecule has 3 aromatic rings. The summed E-state index contributed by atoms with van der Waals surface area (Å²) in [6, 6.07) is 18.1. The Morgan fingerprint density at radius 3 is 1.89 bits per heavy atom. The van der Waals surface area contributed by atoms with Gasteiger partial charge >= 0.3 is 0 Å². The number of benzene rings is 3. The molecule has 0 heterocycles. The average molecular weight is 490 g/mol. The Hall–Kier alpha value is -4.79. The lowest BCUT2D eigenvalue weighted by Gasteiger charge is -2.21. The topological polar surface area (TPSA) is 126 Å². The zero-order chi connectivity index (χ0) is 26.1. The molecule has 0 aliphatic heterocycles. The average Bonchev–Trinajstić information content (AvgIpc) is 2.91. The molecule has 186 valence electrons. The van der Waals surface area contributed by atoms with Gasteiger partial charge in [0.1, 0.15) is 5.70 Å². The number of nitrogens with one attached hydrogen (secondary N) is 2. The number of carbonyl (C=O) groups is 3. The summed E-state index contributed by atoms with van der Waals surface area (Å²) in [5.41, 5.74) is 0.834. The molecule has 0 aromatic heterocycles. The molecule has 0 aliphatic rings. The van der Waals surface area contributed by atoms with Crippen molar-refractivity contribution in [2.24, 2.45) is 0 Å². The van der Waals surface area contributed by atoms with E-state index in [1.165, 1.54) is 27.4 Å². The van der Waals surface area contributed by atoms with Crippen LogP contribution in [-0.2, 0) is 9.59 Å². The smallest absolute Gasteiger partial charge is 0.268 e. The monoisotopic (exact) mass is 489 g/mol. The zero-order valence-corrected chi connectivity index (χ0v) is 19.9. The van der Waals surface area contributed by atoms with Gasteiger partial charge in [-0.3, -0.25) is 9.59 Å². The van der Waals surface area contributed by atoms with Crippen molar-refractivity contribution in [1.82, 2.24) is 10.6 Å². The minimum absolute atomic E-state index is 0.208. The third kappa shape index (κ3) is 6.20. The fourth-order valence-corrected chi connectivity index (χ4v) is 3.43. The highest BCUT2D eigenvalue weighted by molar-refractivity contribution is 6.06. The van der Waals surface area contributed by atoms with Gasteiger partial charge in [-0.2, -0.15) is 0 Å². The van der Waals surface area contributed by atoms with Gasteiger partial charge < -0.3 is 34.7 Å². The van der Waals surface area contributed by atoms with Gasteiger partial charge in [0.05, 0.1) is 33.3 Å². The molecule has 9 heteroatoms. The maximum Gasteiger partial charge on any atom is 0.268 e. The van der Waals surface area contributed by atoms with E-state index in [-0.39, 0.29) is 5.70 Å². The van der Waals surface area contributed by atoms with Crippen molar-refractivity contribution < 1.29 is 33.7 Å². The summed E-state index contributed by atoms with van der Waals surface area (Å²) in [5, 5.41) is 16.8. The van der Waals surface area contributed by atoms with E-state index in [4.69, 9.17) is 14.2 Å². The van der Waals surface area contributed by atoms with Crippen LogP contribution in [0.5, 0.6) is 17.2 Å². The lowest BCUT2D eigenvalue weighted by Crippen LogP contribution is -2.44. The van der Waals surface area contributed by atoms with Crippen LogP contribution in [-0.4, -0.2) is 39.1 Å². The standard InChI is InChI=1S/C27H26N2O7/c1-34-21-15-17(16-22(35-2)24(21)36-3)14-20(28-25(30)19-12-8-5-9-13-19)26(31)29-23(27(32)33)18-10-6-4-7-11-18/h4-16,23H,1-3H3,(H,28,30)(H,29,31)(H,32,33)/p-1/b20-14-/t23-/m0/s1. The summed E-state index contributed by atoms with van der Waals surface area (Å²) in [5.74, 6) is -1.91. The van der Waals surface area contributed by atoms with Gasteiger partial charge in [-0.15, -0.1) is 0 Å². The van der Waals surface area contributed by atoms with E-state index in [1.54, 1.807) is 72.8 Å². The van der Waals surface area contributed by atoms with E-state index in [9.17, 15) is 19.5 Å². The van der Waals surface area contributed by atoms with E-state index in [1.807, 2.05) is 0 Å². The van der Waals surface area contributed by atoms with Crippen LogP contribution in [0.25, 0.3) is 6.08 Å². The predicted molar refractivity (Wildman–Crippen MR) is 130 cm³/mol. The summed E-state index contributed by atoms with van der Waals surface area (Å²) in [7, 11) is 4.35. The van der Waals surface area contributed by atoms with Crippen LogP contribution in [0, 0.1) is 0 Å². The molecule has 1 atom stereocenters. The number of carbonyl (C=O) groups excluding carboxylic acids is 3. The van der Waals surface area contributed by atoms with Crippen molar-refractivity contribution in [1.29, 1.82) is 0 Å². The van der Waals surface area contributed by atoms with E-state index >= 15 is 0 Å². The van der Waals surface area contributed by atoms with Crippen molar-refractivity contribution >= 4 is 23.9 Å². The van der Waals surface area contributed by atoms with E-state index in [0.29, 0.717) is 33.9 Å².